The first-order valence-corrected chi connectivity index (χ1v) is 4.51. The molecule has 0 atom stereocenters. The molecule has 1 N–H and O–H groups in total. The third-order valence-electron chi connectivity index (χ3n) is 2.08. The molecule has 15 heavy (non-hydrogen) atoms. The molecule has 0 unspecified atom stereocenters. The highest BCUT2D eigenvalue weighted by Crippen LogP contribution is 2.30. The van der Waals surface area contributed by atoms with Crippen LogP contribution in [0.25, 0.3) is 0 Å². The van der Waals surface area contributed by atoms with Gasteiger partial charge in [-0.15, -0.1) is 0 Å². The number of aryl methyl sites for hydroxylation is 1. The minimum absolute atomic E-state index is 0.105. The second kappa shape index (κ2) is 4.68. The van der Waals surface area contributed by atoms with Crippen molar-refractivity contribution in [3.63, 3.8) is 0 Å². The zero-order valence-corrected chi connectivity index (χ0v) is 9.03. The van der Waals surface area contributed by atoms with Gasteiger partial charge in [-0.05, 0) is 24.6 Å². The topological polar surface area (TPSA) is 55.8 Å². The maximum Gasteiger partial charge on any atom is 0.308 e. The van der Waals surface area contributed by atoms with Crippen LogP contribution in [0.1, 0.15) is 11.1 Å². The van der Waals surface area contributed by atoms with Gasteiger partial charge in [-0.2, -0.15) is 0 Å². The van der Waals surface area contributed by atoms with Gasteiger partial charge < -0.3 is 14.6 Å². The van der Waals surface area contributed by atoms with Crippen LogP contribution in [0.2, 0.25) is 0 Å². The van der Waals surface area contributed by atoms with Gasteiger partial charge in [-0.25, -0.2) is 0 Å². The second-order valence-corrected chi connectivity index (χ2v) is 3.22. The Labute approximate surface area is 88.4 Å². The summed E-state index contributed by atoms with van der Waals surface area (Å²) in [5.41, 5.74) is 1.54. The lowest BCUT2D eigenvalue weighted by Gasteiger charge is -2.12. The summed E-state index contributed by atoms with van der Waals surface area (Å²) in [5.74, 6) is 0.193. The van der Waals surface area contributed by atoms with Gasteiger partial charge >= 0.3 is 5.97 Å². The molecule has 0 aromatic heterocycles. The Hall–Kier alpha value is -1.71. The van der Waals surface area contributed by atoms with Crippen LogP contribution in [0, 0.1) is 6.92 Å². The monoisotopic (exact) mass is 210 g/mol. The fourth-order valence-corrected chi connectivity index (χ4v) is 1.44. The molecule has 1 aromatic carbocycles. The summed E-state index contributed by atoms with van der Waals surface area (Å²) in [6.07, 6.45) is -0.105. The van der Waals surface area contributed by atoms with Crippen molar-refractivity contribution in [3.8, 4) is 11.5 Å². The van der Waals surface area contributed by atoms with E-state index in [0.717, 1.165) is 5.56 Å². The van der Waals surface area contributed by atoms with Crippen LogP contribution in [-0.2, 0) is 11.2 Å². The van der Waals surface area contributed by atoms with Crippen molar-refractivity contribution in [1.29, 1.82) is 0 Å². The second-order valence-electron chi connectivity index (χ2n) is 3.22. The van der Waals surface area contributed by atoms with Gasteiger partial charge in [0.1, 0.15) is 11.5 Å². The van der Waals surface area contributed by atoms with Gasteiger partial charge in [0, 0.05) is 5.56 Å². The number of hydrogen-bond acceptors (Lipinski definition) is 3. The van der Waals surface area contributed by atoms with Gasteiger partial charge in [0.2, 0.25) is 0 Å². The van der Waals surface area contributed by atoms with Crippen LogP contribution in [0.4, 0.5) is 0 Å². The van der Waals surface area contributed by atoms with Crippen molar-refractivity contribution >= 4 is 5.97 Å². The SMILES string of the molecule is COc1cc(C)cc(OC)c1CC(=O)O. The number of methoxy groups -OCH3 is 2. The van der Waals surface area contributed by atoms with E-state index < -0.39 is 5.97 Å². The average Bonchev–Trinajstić information content (AvgIpc) is 2.19. The summed E-state index contributed by atoms with van der Waals surface area (Å²) in [5, 5.41) is 8.77. The van der Waals surface area contributed by atoms with Crippen molar-refractivity contribution in [3.05, 3.63) is 23.3 Å². The van der Waals surface area contributed by atoms with E-state index in [4.69, 9.17) is 14.6 Å². The molecule has 0 aliphatic rings. The van der Waals surface area contributed by atoms with Gasteiger partial charge in [-0.1, -0.05) is 0 Å². The molecule has 0 aliphatic heterocycles. The Morgan fingerprint density at radius 1 is 1.27 bits per heavy atom. The highest BCUT2D eigenvalue weighted by atomic mass is 16.5. The predicted octanol–water partition coefficient (Wildman–Crippen LogP) is 1.64. The van der Waals surface area contributed by atoms with Crippen LogP contribution in [-0.4, -0.2) is 25.3 Å². The van der Waals surface area contributed by atoms with Crippen LogP contribution < -0.4 is 9.47 Å². The third kappa shape index (κ3) is 2.62. The van der Waals surface area contributed by atoms with E-state index in [1.165, 1.54) is 14.2 Å². The Bertz CT molecular complexity index is 346. The molecule has 0 spiro atoms. The molecule has 0 aliphatic carbocycles. The Morgan fingerprint density at radius 3 is 2.07 bits per heavy atom. The molecule has 4 nitrogen and oxygen atoms in total. The highest BCUT2D eigenvalue weighted by Gasteiger charge is 2.14. The molecule has 0 fully saturated rings. The van der Waals surface area contributed by atoms with Gasteiger partial charge in [0.15, 0.2) is 0 Å². The molecule has 0 saturated heterocycles. The van der Waals surface area contributed by atoms with Crippen molar-refractivity contribution in [2.45, 2.75) is 13.3 Å². The average molecular weight is 210 g/mol. The number of carboxylic acid groups (broad SMARTS) is 1. The molecule has 0 heterocycles. The van der Waals surface area contributed by atoms with Crippen LogP contribution in [0.5, 0.6) is 11.5 Å². The largest absolute Gasteiger partial charge is 0.496 e. The first kappa shape index (κ1) is 11.4. The molecule has 0 saturated carbocycles. The smallest absolute Gasteiger partial charge is 0.308 e. The summed E-state index contributed by atoms with van der Waals surface area (Å²) in [4.78, 5) is 10.7. The number of rotatable bonds is 4. The standard InChI is InChI=1S/C11H14O4/c1-7-4-9(14-2)8(6-11(12)13)10(5-7)15-3/h4-5H,6H2,1-3H3,(H,12,13). The fraction of sp³-hybridized carbons (Fsp3) is 0.364. The maximum atomic E-state index is 10.7. The molecule has 0 radical (unpaired) electrons. The molecular formula is C11H14O4. The molecule has 1 aromatic rings. The molecule has 0 bridgehead atoms. The Balaban J connectivity index is 3.23. The normalized spacial score (nSPS) is 9.80. The van der Waals surface area contributed by atoms with Crippen molar-refractivity contribution in [2.24, 2.45) is 0 Å². The van der Waals surface area contributed by atoms with E-state index in [9.17, 15) is 4.79 Å². The van der Waals surface area contributed by atoms with Gasteiger partial charge in [-0.3, -0.25) is 4.79 Å². The summed E-state index contributed by atoms with van der Waals surface area (Å²) in [6.45, 7) is 1.90. The Morgan fingerprint density at radius 2 is 1.73 bits per heavy atom. The highest BCUT2D eigenvalue weighted by molar-refractivity contribution is 5.73. The van der Waals surface area contributed by atoms with Crippen molar-refractivity contribution in [2.75, 3.05) is 14.2 Å². The summed E-state index contributed by atoms with van der Waals surface area (Å²) in [7, 11) is 3.03. The minimum atomic E-state index is -0.907. The first-order valence-electron chi connectivity index (χ1n) is 4.51. The molecule has 1 rings (SSSR count). The van der Waals surface area contributed by atoms with E-state index in [1.807, 2.05) is 6.92 Å². The van der Waals surface area contributed by atoms with Crippen LogP contribution in [0.15, 0.2) is 12.1 Å². The van der Waals surface area contributed by atoms with E-state index >= 15 is 0 Å². The van der Waals surface area contributed by atoms with Crippen LogP contribution in [0.3, 0.4) is 0 Å². The molecule has 4 heteroatoms. The number of carboxylic acids is 1. The summed E-state index contributed by atoms with van der Waals surface area (Å²) in [6, 6.07) is 3.58. The zero-order chi connectivity index (χ0) is 11.4. The van der Waals surface area contributed by atoms with E-state index in [0.29, 0.717) is 17.1 Å². The van der Waals surface area contributed by atoms with Gasteiger partial charge in [0.05, 0.1) is 20.6 Å². The lowest BCUT2D eigenvalue weighted by atomic mass is 10.1. The predicted molar refractivity (Wildman–Crippen MR) is 55.6 cm³/mol. The lowest BCUT2D eigenvalue weighted by molar-refractivity contribution is -0.136. The van der Waals surface area contributed by atoms with Crippen LogP contribution >= 0.6 is 0 Å². The molecule has 82 valence electrons. The molecule has 0 amide bonds. The van der Waals surface area contributed by atoms with E-state index in [1.54, 1.807) is 12.1 Å². The number of hydrogen-bond donors (Lipinski definition) is 1. The fourth-order valence-electron chi connectivity index (χ4n) is 1.44. The summed E-state index contributed by atoms with van der Waals surface area (Å²) >= 11 is 0. The lowest BCUT2D eigenvalue weighted by Crippen LogP contribution is -2.05. The number of ether oxygens (including phenoxy) is 2. The minimum Gasteiger partial charge on any atom is -0.496 e. The summed E-state index contributed by atoms with van der Waals surface area (Å²) < 4.78 is 10.3. The van der Waals surface area contributed by atoms with Crippen molar-refractivity contribution < 1.29 is 19.4 Å². The van der Waals surface area contributed by atoms with E-state index in [2.05, 4.69) is 0 Å². The quantitative estimate of drug-likeness (QED) is 0.820. The number of benzene rings is 1. The first-order chi connectivity index (χ1) is 7.08. The zero-order valence-electron chi connectivity index (χ0n) is 9.03. The number of carbonyl (C=O) groups is 1. The van der Waals surface area contributed by atoms with E-state index in [-0.39, 0.29) is 6.42 Å². The Kier molecular flexibility index (Phi) is 3.55. The van der Waals surface area contributed by atoms with Crippen molar-refractivity contribution in [1.82, 2.24) is 0 Å². The van der Waals surface area contributed by atoms with Gasteiger partial charge in [0.25, 0.3) is 0 Å². The third-order valence-corrected chi connectivity index (χ3v) is 2.08. The molecular weight excluding hydrogens is 196 g/mol. The number of aliphatic carboxylic acids is 1. The maximum absolute atomic E-state index is 10.7.